The van der Waals surface area contributed by atoms with E-state index in [1.165, 1.54) is 30.5 Å². The van der Waals surface area contributed by atoms with E-state index in [-0.39, 0.29) is 5.82 Å². The molecule has 4 nitrogen and oxygen atoms in total. The minimum atomic E-state index is -2.68. The molecule has 0 aliphatic carbocycles. The van der Waals surface area contributed by atoms with Crippen LogP contribution in [0.5, 0.6) is 0 Å². The Kier molecular flexibility index (Phi) is 12.2. The molecule has 0 radical (unpaired) electrons. The molecule has 0 saturated heterocycles. The first-order valence-electron chi connectivity index (χ1n) is 12.9. The van der Waals surface area contributed by atoms with Crippen molar-refractivity contribution in [3.05, 3.63) is 121 Å². The summed E-state index contributed by atoms with van der Waals surface area (Å²) in [5.41, 5.74) is 6.65. The summed E-state index contributed by atoms with van der Waals surface area (Å²) in [7, 11) is 0. The number of halogens is 3. The van der Waals surface area contributed by atoms with Crippen LogP contribution in [0, 0.1) is 12.7 Å². The zero-order chi connectivity index (χ0) is 28.9. The molecule has 4 rings (SSSR count). The molecule has 0 saturated carbocycles. The van der Waals surface area contributed by atoms with Crippen LogP contribution in [0.4, 0.5) is 13.2 Å². The lowest BCUT2D eigenvalue weighted by molar-refractivity contribution is 0.0566. The summed E-state index contributed by atoms with van der Waals surface area (Å²) in [5.74, 6) is -0.359. The lowest BCUT2D eigenvalue weighted by Gasteiger charge is -2.14. The maximum absolute atomic E-state index is 13.3. The number of allylic oxidation sites excluding steroid dienone is 4. The molecule has 0 unspecified atom stereocenters. The van der Waals surface area contributed by atoms with Crippen LogP contribution in [0.1, 0.15) is 58.3 Å². The van der Waals surface area contributed by atoms with Gasteiger partial charge in [-0.1, -0.05) is 76.8 Å². The second-order valence-corrected chi connectivity index (χ2v) is 8.75. The van der Waals surface area contributed by atoms with Crippen LogP contribution < -0.4 is 0 Å². The lowest BCUT2D eigenvalue weighted by Crippen LogP contribution is -2.02. The van der Waals surface area contributed by atoms with Gasteiger partial charge in [0, 0.05) is 11.8 Å². The Morgan fingerprint density at radius 3 is 2.18 bits per heavy atom. The van der Waals surface area contributed by atoms with Gasteiger partial charge in [0.2, 0.25) is 0 Å². The fraction of sp³-hybridized carbons (Fsp3) is 0.250. The van der Waals surface area contributed by atoms with Crippen LogP contribution in [-0.4, -0.2) is 19.6 Å². The van der Waals surface area contributed by atoms with Crippen LogP contribution in [0.2, 0.25) is 0 Å². The summed E-state index contributed by atoms with van der Waals surface area (Å²) in [6, 6.07) is 16.6. The molecule has 2 aromatic carbocycles. The Labute approximate surface area is 229 Å². The molecule has 0 aliphatic heterocycles. The van der Waals surface area contributed by atoms with Crippen LogP contribution in [0.3, 0.4) is 0 Å². The van der Waals surface area contributed by atoms with Crippen molar-refractivity contribution in [1.29, 1.82) is 0 Å². The highest BCUT2D eigenvalue weighted by molar-refractivity contribution is 5.80. The van der Waals surface area contributed by atoms with E-state index in [1.807, 2.05) is 48.0 Å². The van der Waals surface area contributed by atoms with Crippen molar-refractivity contribution in [2.75, 3.05) is 0 Å². The fourth-order valence-electron chi connectivity index (χ4n) is 3.61. The largest absolute Gasteiger partial charge is 0.333 e. The second kappa shape index (κ2) is 15.3. The van der Waals surface area contributed by atoms with Crippen LogP contribution in [0.15, 0.2) is 104 Å². The summed E-state index contributed by atoms with van der Waals surface area (Å²) < 4.78 is 40.2. The van der Waals surface area contributed by atoms with Gasteiger partial charge in [-0.25, -0.2) is 13.8 Å². The van der Waals surface area contributed by atoms with Crippen molar-refractivity contribution in [2.24, 2.45) is 0 Å². The number of rotatable bonds is 7. The molecule has 0 bridgehead atoms. The first-order valence-corrected chi connectivity index (χ1v) is 12.9. The van der Waals surface area contributed by atoms with Gasteiger partial charge in [0.25, 0.3) is 0 Å². The Balaban J connectivity index is 0.000000253. The molecular formula is C32H37F3N4. The molecule has 0 aliphatic rings. The van der Waals surface area contributed by atoms with Gasteiger partial charge in [0.05, 0.1) is 23.8 Å². The van der Waals surface area contributed by atoms with Gasteiger partial charge in [-0.2, -0.15) is 19.0 Å². The number of nitrogens with zero attached hydrogens (tertiary/aromatic N) is 4. The molecule has 2 aromatic heterocycles. The summed E-state index contributed by atoms with van der Waals surface area (Å²) >= 11 is 0. The third-order valence-electron chi connectivity index (χ3n) is 5.74. The standard InChI is InChI=1S/C18H20N2.C11H9F3N2.C3H8/c1-5-16(6-2)14(3)15(4)18-12-13-19-20(18)17-10-8-7-9-11-17;1-7-2-3-8(4-10(7)12)9-5-15-16(6-9)11(13)14;1-3-2/h5,7-13H,3-4,6H2,1-2H3;2-6,11H,1H3;3H2,1-2H3/b16-5-;;. The van der Waals surface area contributed by atoms with Gasteiger partial charge < -0.3 is 0 Å². The minimum Gasteiger partial charge on any atom is -0.233 e. The quantitative estimate of drug-likeness (QED) is 0.221. The molecule has 2 heterocycles. The van der Waals surface area contributed by atoms with E-state index < -0.39 is 6.55 Å². The zero-order valence-corrected chi connectivity index (χ0v) is 23.3. The lowest BCUT2D eigenvalue weighted by atomic mass is 9.96. The SMILES string of the molecule is C=C(C(=C)c1ccnn1-c1ccccc1)/C(=C\C)CC.CCC.Cc1ccc(-c2cnn(C(F)F)c2)cc1F. The summed E-state index contributed by atoms with van der Waals surface area (Å²) in [4.78, 5) is 0. The summed E-state index contributed by atoms with van der Waals surface area (Å²) in [6.07, 6.45) is 8.57. The molecule has 0 N–H and O–H groups in total. The Bertz CT molecular complexity index is 1380. The summed E-state index contributed by atoms with van der Waals surface area (Å²) in [5, 5.41) is 7.88. The highest BCUT2D eigenvalue weighted by atomic mass is 19.3. The molecule has 0 fully saturated rings. The van der Waals surface area contributed by atoms with Crippen molar-refractivity contribution in [3.8, 4) is 16.8 Å². The molecular weight excluding hydrogens is 497 g/mol. The second-order valence-electron chi connectivity index (χ2n) is 8.75. The number of benzene rings is 2. The van der Waals surface area contributed by atoms with Gasteiger partial charge in [-0.15, -0.1) is 0 Å². The maximum Gasteiger partial charge on any atom is 0.333 e. The average molecular weight is 535 g/mol. The first-order chi connectivity index (χ1) is 18.7. The van der Waals surface area contributed by atoms with Gasteiger partial charge in [0.15, 0.2) is 0 Å². The molecule has 0 spiro atoms. The average Bonchev–Trinajstić information content (AvgIpc) is 3.63. The normalized spacial score (nSPS) is 10.8. The molecule has 206 valence electrons. The monoisotopic (exact) mass is 534 g/mol. The van der Waals surface area contributed by atoms with E-state index in [1.54, 1.807) is 25.3 Å². The highest BCUT2D eigenvalue weighted by Gasteiger charge is 2.13. The van der Waals surface area contributed by atoms with Gasteiger partial charge in [0.1, 0.15) is 5.82 Å². The predicted octanol–water partition coefficient (Wildman–Crippen LogP) is 9.61. The number of hydrogen-bond acceptors (Lipinski definition) is 2. The van der Waals surface area contributed by atoms with E-state index >= 15 is 0 Å². The van der Waals surface area contributed by atoms with Gasteiger partial charge in [-0.05, 0) is 72.4 Å². The highest BCUT2D eigenvalue weighted by Crippen LogP contribution is 2.28. The third-order valence-corrected chi connectivity index (χ3v) is 5.74. The number of aryl methyl sites for hydroxylation is 1. The minimum absolute atomic E-state index is 0.359. The van der Waals surface area contributed by atoms with Crippen molar-refractivity contribution in [2.45, 2.75) is 54.0 Å². The smallest absolute Gasteiger partial charge is 0.233 e. The number of hydrogen-bond donors (Lipinski definition) is 0. The van der Waals surface area contributed by atoms with E-state index in [9.17, 15) is 13.2 Å². The number of alkyl halides is 2. The third kappa shape index (κ3) is 8.43. The molecule has 4 aromatic rings. The first kappa shape index (κ1) is 31.1. The predicted molar refractivity (Wildman–Crippen MR) is 155 cm³/mol. The van der Waals surface area contributed by atoms with E-state index in [0.717, 1.165) is 28.9 Å². The zero-order valence-electron chi connectivity index (χ0n) is 23.3. The number of aromatic nitrogens is 4. The van der Waals surface area contributed by atoms with E-state index in [4.69, 9.17) is 0 Å². The van der Waals surface area contributed by atoms with Crippen molar-refractivity contribution in [1.82, 2.24) is 19.6 Å². The Morgan fingerprint density at radius 1 is 0.974 bits per heavy atom. The van der Waals surface area contributed by atoms with Gasteiger partial charge in [-0.3, -0.25) is 0 Å². The van der Waals surface area contributed by atoms with Crippen LogP contribution in [-0.2, 0) is 0 Å². The molecule has 39 heavy (non-hydrogen) atoms. The topological polar surface area (TPSA) is 35.6 Å². The summed E-state index contributed by atoms with van der Waals surface area (Å²) in [6.45, 7) is 15.8. The molecule has 0 amide bonds. The van der Waals surface area contributed by atoms with Gasteiger partial charge >= 0.3 is 6.55 Å². The van der Waals surface area contributed by atoms with Crippen LogP contribution >= 0.6 is 0 Å². The fourth-order valence-corrected chi connectivity index (χ4v) is 3.61. The van der Waals surface area contributed by atoms with Crippen molar-refractivity contribution in [3.63, 3.8) is 0 Å². The van der Waals surface area contributed by atoms with Crippen LogP contribution in [0.25, 0.3) is 22.4 Å². The Hall–Kier alpha value is -4.13. The van der Waals surface area contributed by atoms with Crippen molar-refractivity contribution < 1.29 is 13.2 Å². The number of para-hydroxylation sites is 1. The molecule has 0 atom stereocenters. The van der Waals surface area contributed by atoms with E-state index in [0.29, 0.717) is 21.4 Å². The van der Waals surface area contributed by atoms with Crippen molar-refractivity contribution >= 4 is 5.57 Å². The van der Waals surface area contributed by atoms with E-state index in [2.05, 4.69) is 50.2 Å². The maximum atomic E-state index is 13.3. The Morgan fingerprint density at radius 2 is 1.64 bits per heavy atom. The molecule has 7 heteroatoms.